The molecule has 0 aromatic rings. The summed E-state index contributed by atoms with van der Waals surface area (Å²) in [6.45, 7) is 6.10. The summed E-state index contributed by atoms with van der Waals surface area (Å²) >= 11 is 0. The normalized spacial score (nSPS) is 11.9. The van der Waals surface area contributed by atoms with E-state index >= 15 is 0 Å². The van der Waals surface area contributed by atoms with Gasteiger partial charge in [-0.05, 0) is 32.1 Å². The first-order valence-electron chi connectivity index (χ1n) is 7.01. The molecule has 0 aliphatic carbocycles. The monoisotopic (exact) mass is 221 g/mol. The molecule has 93 valence electrons. The predicted molar refractivity (Wildman–Crippen MR) is 75.5 cm³/mol. The zero-order valence-corrected chi connectivity index (χ0v) is 11.1. The number of rotatable bonds is 11. The van der Waals surface area contributed by atoms with E-state index in [9.17, 15) is 0 Å². The Kier molecular flexibility index (Phi) is 14.0. The van der Waals surface area contributed by atoms with Crippen LogP contribution in [0.1, 0.15) is 71.1 Å². The van der Waals surface area contributed by atoms with E-state index in [1.165, 1.54) is 51.4 Å². The number of unbranched alkanes of at least 4 members (excludes halogenated alkanes) is 7. The second-order valence-corrected chi connectivity index (χ2v) is 4.38. The molecule has 0 spiro atoms. The van der Waals surface area contributed by atoms with Gasteiger partial charge in [-0.3, -0.25) is 0 Å². The zero-order valence-electron chi connectivity index (χ0n) is 11.1. The van der Waals surface area contributed by atoms with E-state index in [-0.39, 0.29) is 0 Å². The van der Waals surface area contributed by atoms with Crippen molar-refractivity contribution in [2.75, 3.05) is 0 Å². The van der Waals surface area contributed by atoms with E-state index in [2.05, 4.69) is 38.2 Å². The van der Waals surface area contributed by atoms with Gasteiger partial charge in [0, 0.05) is 0 Å². The average molecular weight is 221 g/mol. The highest BCUT2D eigenvalue weighted by Crippen LogP contribution is 2.04. The smallest absolute Gasteiger partial charge is 0.0169 e. The third-order valence-corrected chi connectivity index (χ3v) is 2.70. The molecular weight excluding hydrogens is 192 g/mol. The molecule has 0 N–H and O–H groups in total. The Morgan fingerprint density at radius 3 is 1.94 bits per heavy atom. The molecule has 0 amide bonds. The minimum Gasteiger partial charge on any atom is -0.0882 e. The van der Waals surface area contributed by atoms with Crippen molar-refractivity contribution in [3.05, 3.63) is 31.2 Å². The molecule has 16 heavy (non-hydrogen) atoms. The maximum Gasteiger partial charge on any atom is -0.0169 e. The molecule has 0 heteroatoms. The summed E-state index contributed by atoms with van der Waals surface area (Å²) in [5, 5.41) is 0. The summed E-state index contributed by atoms with van der Waals surface area (Å²) in [6.07, 6.45) is 21.9. The Hall–Kier alpha value is -0.520. The van der Waals surface area contributed by atoms with Crippen molar-refractivity contribution < 1.29 is 0 Å². The first-order valence-corrected chi connectivity index (χ1v) is 7.01. The first-order chi connectivity index (χ1) is 7.91. The molecule has 0 aliphatic heterocycles. The minimum absolute atomic E-state index is 1.09. The molecule has 0 heterocycles. The summed E-state index contributed by atoms with van der Waals surface area (Å²) in [6, 6.07) is 0. The van der Waals surface area contributed by atoms with Gasteiger partial charge in [-0.2, -0.15) is 0 Å². The Labute approximate surface area is 103 Å². The van der Waals surface area contributed by atoms with E-state index in [1.54, 1.807) is 0 Å². The van der Waals surface area contributed by atoms with Gasteiger partial charge in [0.1, 0.15) is 0 Å². The molecule has 0 atom stereocenters. The van der Waals surface area contributed by atoms with Crippen LogP contribution >= 0.6 is 0 Å². The van der Waals surface area contributed by atoms with Crippen LogP contribution in [0.3, 0.4) is 0 Å². The summed E-state index contributed by atoms with van der Waals surface area (Å²) in [7, 11) is 0. The van der Waals surface area contributed by atoms with Crippen LogP contribution in [-0.4, -0.2) is 0 Å². The highest BCUT2D eigenvalue weighted by atomic mass is 13.9. The molecular formula is C16H29. The van der Waals surface area contributed by atoms with Gasteiger partial charge in [0.15, 0.2) is 0 Å². The Balaban J connectivity index is 3.14. The molecule has 0 rings (SSSR count). The summed E-state index contributed by atoms with van der Waals surface area (Å²) in [4.78, 5) is 0. The fourth-order valence-electron chi connectivity index (χ4n) is 1.63. The van der Waals surface area contributed by atoms with Crippen LogP contribution in [0.4, 0.5) is 0 Å². The van der Waals surface area contributed by atoms with E-state index in [0.29, 0.717) is 0 Å². The van der Waals surface area contributed by atoms with Gasteiger partial charge in [0.25, 0.3) is 0 Å². The Morgan fingerprint density at radius 2 is 1.38 bits per heavy atom. The SMILES string of the molecule is [CH2]CCCCC/C=C\C/C=C\CCCCC. The standard InChI is InChI=1S/C16H29/c1-3-5-7-9-11-13-15-16-14-12-10-8-6-4-2/h12-15H,1,3-11,16H2,2H3/b14-12-,15-13-. The molecule has 0 aromatic heterocycles. The van der Waals surface area contributed by atoms with Crippen LogP contribution in [0.25, 0.3) is 0 Å². The van der Waals surface area contributed by atoms with Crippen LogP contribution in [0.2, 0.25) is 0 Å². The highest BCUT2D eigenvalue weighted by molar-refractivity contribution is 4.92. The van der Waals surface area contributed by atoms with Gasteiger partial charge in [-0.25, -0.2) is 0 Å². The minimum atomic E-state index is 1.09. The van der Waals surface area contributed by atoms with Crippen LogP contribution < -0.4 is 0 Å². The average Bonchev–Trinajstić information content (AvgIpc) is 2.31. The van der Waals surface area contributed by atoms with Crippen LogP contribution in [0, 0.1) is 6.92 Å². The van der Waals surface area contributed by atoms with Gasteiger partial charge in [-0.1, -0.05) is 70.3 Å². The van der Waals surface area contributed by atoms with Crippen molar-refractivity contribution in [1.29, 1.82) is 0 Å². The van der Waals surface area contributed by atoms with Crippen molar-refractivity contribution in [2.45, 2.75) is 71.1 Å². The molecule has 0 aromatic carbocycles. The quantitative estimate of drug-likeness (QED) is 0.303. The summed E-state index contributed by atoms with van der Waals surface area (Å²) < 4.78 is 0. The maximum absolute atomic E-state index is 3.85. The third kappa shape index (κ3) is 13.5. The van der Waals surface area contributed by atoms with Crippen molar-refractivity contribution in [2.24, 2.45) is 0 Å². The number of allylic oxidation sites excluding steroid dienone is 4. The van der Waals surface area contributed by atoms with E-state index in [1.807, 2.05) is 0 Å². The lowest BCUT2D eigenvalue weighted by atomic mass is 10.1. The van der Waals surface area contributed by atoms with E-state index < -0.39 is 0 Å². The molecule has 0 aliphatic rings. The van der Waals surface area contributed by atoms with E-state index in [4.69, 9.17) is 0 Å². The van der Waals surface area contributed by atoms with Crippen LogP contribution in [-0.2, 0) is 0 Å². The van der Waals surface area contributed by atoms with Crippen LogP contribution in [0.5, 0.6) is 0 Å². The second-order valence-electron chi connectivity index (χ2n) is 4.38. The Morgan fingerprint density at radius 1 is 0.750 bits per heavy atom. The molecule has 0 fully saturated rings. The van der Waals surface area contributed by atoms with Gasteiger partial charge in [0.05, 0.1) is 0 Å². The lowest BCUT2D eigenvalue weighted by Crippen LogP contribution is -1.73. The fraction of sp³-hybridized carbons (Fsp3) is 0.688. The van der Waals surface area contributed by atoms with Gasteiger partial charge in [0.2, 0.25) is 0 Å². The van der Waals surface area contributed by atoms with Crippen molar-refractivity contribution >= 4 is 0 Å². The fourth-order valence-corrected chi connectivity index (χ4v) is 1.63. The zero-order chi connectivity index (χ0) is 11.9. The molecule has 0 bridgehead atoms. The molecule has 0 saturated carbocycles. The van der Waals surface area contributed by atoms with Gasteiger partial charge < -0.3 is 0 Å². The van der Waals surface area contributed by atoms with Gasteiger partial charge in [-0.15, -0.1) is 0 Å². The largest absolute Gasteiger partial charge is 0.0882 e. The van der Waals surface area contributed by atoms with Gasteiger partial charge >= 0.3 is 0 Å². The lowest BCUT2D eigenvalue weighted by Gasteiger charge is -1.93. The van der Waals surface area contributed by atoms with Crippen molar-refractivity contribution in [1.82, 2.24) is 0 Å². The molecule has 1 radical (unpaired) electrons. The predicted octanol–water partition coefficient (Wildman–Crippen LogP) is 5.85. The summed E-state index contributed by atoms with van der Waals surface area (Å²) in [5.74, 6) is 0. The lowest BCUT2D eigenvalue weighted by molar-refractivity contribution is 0.694. The van der Waals surface area contributed by atoms with Crippen LogP contribution in [0.15, 0.2) is 24.3 Å². The molecule has 0 saturated heterocycles. The Bertz CT molecular complexity index is 165. The second kappa shape index (κ2) is 14.5. The third-order valence-electron chi connectivity index (χ3n) is 2.70. The number of hydrogen-bond acceptors (Lipinski definition) is 0. The highest BCUT2D eigenvalue weighted by Gasteiger charge is 1.84. The molecule has 0 unspecified atom stereocenters. The van der Waals surface area contributed by atoms with Crippen molar-refractivity contribution in [3.8, 4) is 0 Å². The number of hydrogen-bond donors (Lipinski definition) is 0. The first kappa shape index (κ1) is 15.5. The topological polar surface area (TPSA) is 0 Å². The molecule has 0 nitrogen and oxygen atoms in total. The summed E-state index contributed by atoms with van der Waals surface area (Å²) in [5.41, 5.74) is 0. The van der Waals surface area contributed by atoms with E-state index in [0.717, 1.165) is 12.8 Å². The van der Waals surface area contributed by atoms with Crippen molar-refractivity contribution in [3.63, 3.8) is 0 Å². The maximum atomic E-state index is 3.85.